The second-order valence-corrected chi connectivity index (χ2v) is 3.81. The highest BCUT2D eigenvalue weighted by molar-refractivity contribution is 5.80. The van der Waals surface area contributed by atoms with Gasteiger partial charge in [-0.3, -0.25) is 9.59 Å². The van der Waals surface area contributed by atoms with Crippen LogP contribution in [0.25, 0.3) is 0 Å². The normalized spacial score (nSPS) is 27.9. The summed E-state index contributed by atoms with van der Waals surface area (Å²) in [7, 11) is 1.73. The molecular weight excluding hydrogens is 170 g/mol. The number of likely N-dealkylation sites (tertiary alicyclic amines) is 1. The molecule has 13 heavy (non-hydrogen) atoms. The van der Waals surface area contributed by atoms with E-state index in [0.717, 1.165) is 12.8 Å². The van der Waals surface area contributed by atoms with Gasteiger partial charge in [-0.25, -0.2) is 0 Å². The van der Waals surface area contributed by atoms with Gasteiger partial charge in [-0.1, -0.05) is 0 Å². The Morgan fingerprint density at radius 2 is 2.23 bits per heavy atom. The highest BCUT2D eigenvalue weighted by Crippen LogP contribution is 2.31. The lowest BCUT2D eigenvalue weighted by atomic mass is 10.3. The van der Waals surface area contributed by atoms with E-state index in [9.17, 15) is 9.59 Å². The lowest BCUT2D eigenvalue weighted by molar-refractivity contribution is -0.149. The first-order chi connectivity index (χ1) is 6.16. The quantitative estimate of drug-likeness (QED) is 0.573. The van der Waals surface area contributed by atoms with Gasteiger partial charge in [0.1, 0.15) is 6.10 Å². The van der Waals surface area contributed by atoms with Crippen molar-refractivity contribution < 1.29 is 14.3 Å². The Kier molecular flexibility index (Phi) is 1.98. The number of likely N-dealkylation sites (N-methyl/N-ethyl adjacent to an activating group) is 1. The Bertz CT molecular complexity index is 247. The van der Waals surface area contributed by atoms with Gasteiger partial charge >= 0.3 is 5.97 Å². The number of esters is 1. The van der Waals surface area contributed by atoms with Crippen molar-refractivity contribution >= 4 is 11.9 Å². The number of ether oxygens (including phenoxy) is 1. The molecule has 1 atom stereocenters. The standard InChI is InChI=1S/C9H13NO3/c1-10-5-7(4-8(10)11)13-9(12)6-2-3-6/h6-7H,2-5H2,1H3. The third-order valence-corrected chi connectivity index (χ3v) is 2.50. The summed E-state index contributed by atoms with van der Waals surface area (Å²) < 4.78 is 5.17. The van der Waals surface area contributed by atoms with Crippen molar-refractivity contribution in [1.82, 2.24) is 4.90 Å². The van der Waals surface area contributed by atoms with Crippen molar-refractivity contribution in [2.24, 2.45) is 5.92 Å². The van der Waals surface area contributed by atoms with Crippen LogP contribution in [0, 0.1) is 5.92 Å². The van der Waals surface area contributed by atoms with E-state index in [-0.39, 0.29) is 23.9 Å². The van der Waals surface area contributed by atoms with Gasteiger partial charge in [0.25, 0.3) is 0 Å². The third kappa shape index (κ3) is 1.82. The minimum Gasteiger partial charge on any atom is -0.460 e. The topological polar surface area (TPSA) is 46.6 Å². The molecule has 1 unspecified atom stereocenters. The number of hydrogen-bond donors (Lipinski definition) is 0. The lowest BCUT2D eigenvalue weighted by Crippen LogP contribution is -2.23. The first kappa shape index (κ1) is 8.53. The largest absolute Gasteiger partial charge is 0.460 e. The molecule has 2 fully saturated rings. The minimum absolute atomic E-state index is 0.0635. The van der Waals surface area contributed by atoms with Gasteiger partial charge in [0.2, 0.25) is 5.91 Å². The molecule has 0 aromatic rings. The monoisotopic (exact) mass is 183 g/mol. The molecule has 0 aromatic carbocycles. The van der Waals surface area contributed by atoms with E-state index in [1.807, 2.05) is 0 Å². The van der Waals surface area contributed by atoms with Crippen LogP contribution in [0.2, 0.25) is 0 Å². The van der Waals surface area contributed by atoms with Crippen LogP contribution in [0.1, 0.15) is 19.3 Å². The van der Waals surface area contributed by atoms with Gasteiger partial charge < -0.3 is 9.64 Å². The molecule has 1 aliphatic carbocycles. The van der Waals surface area contributed by atoms with Crippen molar-refractivity contribution in [1.29, 1.82) is 0 Å². The maximum atomic E-state index is 11.2. The van der Waals surface area contributed by atoms with E-state index in [2.05, 4.69) is 0 Å². The molecule has 4 heteroatoms. The predicted molar refractivity (Wildman–Crippen MR) is 44.9 cm³/mol. The van der Waals surface area contributed by atoms with E-state index < -0.39 is 0 Å². The van der Waals surface area contributed by atoms with E-state index in [4.69, 9.17) is 4.74 Å². The van der Waals surface area contributed by atoms with E-state index in [1.165, 1.54) is 0 Å². The van der Waals surface area contributed by atoms with Crippen LogP contribution in [0.4, 0.5) is 0 Å². The number of hydrogen-bond acceptors (Lipinski definition) is 3. The predicted octanol–water partition coefficient (Wildman–Crippen LogP) is 0.170. The van der Waals surface area contributed by atoms with Crippen LogP contribution >= 0.6 is 0 Å². The highest BCUT2D eigenvalue weighted by Gasteiger charge is 2.36. The Hall–Kier alpha value is -1.06. The molecule has 1 saturated heterocycles. The SMILES string of the molecule is CN1CC(OC(=O)C2CC2)CC1=O. The summed E-state index contributed by atoms with van der Waals surface area (Å²) >= 11 is 0. The molecule has 0 bridgehead atoms. The molecule has 1 saturated carbocycles. The van der Waals surface area contributed by atoms with Crippen molar-refractivity contribution in [3.8, 4) is 0 Å². The fourth-order valence-corrected chi connectivity index (χ4v) is 1.48. The zero-order chi connectivity index (χ0) is 9.42. The Labute approximate surface area is 76.8 Å². The van der Waals surface area contributed by atoms with Gasteiger partial charge in [0.15, 0.2) is 0 Å². The Balaban J connectivity index is 1.82. The van der Waals surface area contributed by atoms with Crippen LogP contribution in [0.15, 0.2) is 0 Å². The molecular formula is C9H13NO3. The molecule has 1 aliphatic heterocycles. The number of carbonyl (C=O) groups is 2. The average molecular weight is 183 g/mol. The zero-order valence-electron chi connectivity index (χ0n) is 7.66. The van der Waals surface area contributed by atoms with Gasteiger partial charge in [-0.15, -0.1) is 0 Å². The number of nitrogens with zero attached hydrogens (tertiary/aromatic N) is 1. The second kappa shape index (κ2) is 3.01. The highest BCUT2D eigenvalue weighted by atomic mass is 16.5. The van der Waals surface area contributed by atoms with Crippen LogP contribution < -0.4 is 0 Å². The molecule has 1 heterocycles. The first-order valence-electron chi connectivity index (χ1n) is 4.61. The maximum Gasteiger partial charge on any atom is 0.309 e. The summed E-state index contributed by atoms with van der Waals surface area (Å²) in [5.74, 6) is 0.0719. The third-order valence-electron chi connectivity index (χ3n) is 2.50. The molecule has 2 rings (SSSR count). The summed E-state index contributed by atoms with van der Waals surface area (Å²) in [5, 5.41) is 0. The summed E-state index contributed by atoms with van der Waals surface area (Å²) in [6, 6.07) is 0. The smallest absolute Gasteiger partial charge is 0.309 e. The molecule has 72 valence electrons. The van der Waals surface area contributed by atoms with Crippen LogP contribution in [0.5, 0.6) is 0 Å². The summed E-state index contributed by atoms with van der Waals surface area (Å²) in [5.41, 5.74) is 0. The van der Waals surface area contributed by atoms with Gasteiger partial charge in [0, 0.05) is 7.05 Å². The van der Waals surface area contributed by atoms with Crippen LogP contribution in [-0.2, 0) is 14.3 Å². The molecule has 4 nitrogen and oxygen atoms in total. The van der Waals surface area contributed by atoms with Crippen molar-refractivity contribution in [3.63, 3.8) is 0 Å². The van der Waals surface area contributed by atoms with Crippen LogP contribution in [0.3, 0.4) is 0 Å². The Morgan fingerprint density at radius 1 is 1.54 bits per heavy atom. The average Bonchev–Trinajstić information content (AvgIpc) is 2.81. The van der Waals surface area contributed by atoms with Gasteiger partial charge in [-0.05, 0) is 12.8 Å². The molecule has 0 N–H and O–H groups in total. The number of rotatable bonds is 2. The number of amides is 1. The fourth-order valence-electron chi connectivity index (χ4n) is 1.48. The molecule has 2 aliphatic rings. The second-order valence-electron chi connectivity index (χ2n) is 3.81. The summed E-state index contributed by atoms with van der Waals surface area (Å²) in [6.45, 7) is 0.553. The molecule has 1 amide bonds. The van der Waals surface area contributed by atoms with E-state index in [0.29, 0.717) is 13.0 Å². The van der Waals surface area contributed by atoms with Crippen molar-refractivity contribution in [3.05, 3.63) is 0 Å². The molecule has 0 radical (unpaired) electrons. The van der Waals surface area contributed by atoms with Crippen molar-refractivity contribution in [2.45, 2.75) is 25.4 Å². The van der Waals surface area contributed by atoms with Gasteiger partial charge in [-0.2, -0.15) is 0 Å². The fraction of sp³-hybridized carbons (Fsp3) is 0.778. The van der Waals surface area contributed by atoms with E-state index in [1.54, 1.807) is 11.9 Å². The first-order valence-corrected chi connectivity index (χ1v) is 4.61. The van der Waals surface area contributed by atoms with E-state index >= 15 is 0 Å². The molecule has 0 aromatic heterocycles. The summed E-state index contributed by atoms with van der Waals surface area (Å²) in [6.07, 6.45) is 2.06. The van der Waals surface area contributed by atoms with Gasteiger partial charge in [0.05, 0.1) is 18.9 Å². The molecule has 0 spiro atoms. The lowest BCUT2D eigenvalue weighted by Gasteiger charge is -2.10. The van der Waals surface area contributed by atoms with Crippen LogP contribution in [-0.4, -0.2) is 36.5 Å². The summed E-state index contributed by atoms with van der Waals surface area (Å²) in [4.78, 5) is 23.9. The maximum absolute atomic E-state index is 11.2. The number of carbonyl (C=O) groups excluding carboxylic acids is 2. The van der Waals surface area contributed by atoms with Crippen molar-refractivity contribution in [2.75, 3.05) is 13.6 Å². The minimum atomic E-state index is -0.203. The Morgan fingerprint density at radius 3 is 2.69 bits per heavy atom. The zero-order valence-corrected chi connectivity index (χ0v) is 7.66.